The van der Waals surface area contributed by atoms with Gasteiger partial charge in [-0.05, 0) is 36.4 Å². The molecule has 170 valence electrons. The van der Waals surface area contributed by atoms with Gasteiger partial charge in [0.2, 0.25) is 19.7 Å². The Bertz CT molecular complexity index is 1550. The van der Waals surface area contributed by atoms with Crippen molar-refractivity contribution in [2.24, 2.45) is 5.10 Å². The van der Waals surface area contributed by atoms with Crippen LogP contribution >= 0.6 is 0 Å². The van der Waals surface area contributed by atoms with E-state index in [-0.39, 0.29) is 19.2 Å². The summed E-state index contributed by atoms with van der Waals surface area (Å²) in [6.07, 6.45) is 0.807. The fourth-order valence-electron chi connectivity index (χ4n) is 2.90. The number of hydrogen-bond acceptors (Lipinski definition) is 8. The summed E-state index contributed by atoms with van der Waals surface area (Å²) < 4.78 is 79.3. The van der Waals surface area contributed by atoms with Gasteiger partial charge in [0.05, 0.1) is 14.7 Å². The average Bonchev–Trinajstić information content (AvgIpc) is 2.85. The molecule has 3 aromatic carbocycles. The van der Waals surface area contributed by atoms with Gasteiger partial charge in [0, 0.05) is 6.08 Å². The molecule has 1 aliphatic rings. The van der Waals surface area contributed by atoms with E-state index in [1.54, 1.807) is 18.2 Å². The predicted molar refractivity (Wildman–Crippen MR) is 121 cm³/mol. The van der Waals surface area contributed by atoms with Crippen molar-refractivity contribution in [1.29, 1.82) is 0 Å². The summed E-state index contributed by atoms with van der Waals surface area (Å²) in [5.41, 5.74) is 2.25. The lowest BCUT2D eigenvalue weighted by Crippen LogP contribution is -2.44. The van der Waals surface area contributed by atoms with Crippen LogP contribution in [0.3, 0.4) is 0 Å². The molecule has 0 fully saturated rings. The standard InChI is InChI=1S/C21H17N3O6S3/c25-31(26,17-10-4-1-5-11-17)20-16-21(32(27,28)18-12-6-2-7-13-18)23-24(22-20)33(29,30)19-14-8-3-9-15-19/h1-16,22H. The molecule has 1 N–H and O–H groups in total. The number of hydrazone groups is 1. The zero-order valence-corrected chi connectivity index (χ0v) is 19.3. The van der Waals surface area contributed by atoms with Crippen molar-refractivity contribution in [2.45, 2.75) is 14.7 Å². The van der Waals surface area contributed by atoms with Crippen molar-refractivity contribution in [3.63, 3.8) is 0 Å². The number of rotatable bonds is 5. The number of nitrogens with one attached hydrogen (secondary N) is 1. The Labute approximate surface area is 191 Å². The van der Waals surface area contributed by atoms with Crippen molar-refractivity contribution in [2.75, 3.05) is 0 Å². The van der Waals surface area contributed by atoms with Crippen molar-refractivity contribution in [3.05, 3.63) is 102 Å². The van der Waals surface area contributed by atoms with Crippen LogP contribution < -0.4 is 5.43 Å². The monoisotopic (exact) mass is 503 g/mol. The Morgan fingerprint density at radius 3 is 1.48 bits per heavy atom. The first-order valence-corrected chi connectivity index (χ1v) is 13.8. The van der Waals surface area contributed by atoms with E-state index in [1.807, 2.05) is 0 Å². The van der Waals surface area contributed by atoms with Crippen molar-refractivity contribution < 1.29 is 25.3 Å². The zero-order chi connectivity index (χ0) is 23.7. The van der Waals surface area contributed by atoms with Gasteiger partial charge >= 0.3 is 0 Å². The normalized spacial score (nSPS) is 14.7. The maximum absolute atomic E-state index is 13.2. The topological polar surface area (TPSA) is 130 Å². The van der Waals surface area contributed by atoms with Crippen LogP contribution in [0.15, 0.2) is 122 Å². The van der Waals surface area contributed by atoms with Gasteiger partial charge in [-0.25, -0.2) is 16.8 Å². The van der Waals surface area contributed by atoms with Crippen molar-refractivity contribution >= 4 is 34.7 Å². The van der Waals surface area contributed by atoms with Crippen LogP contribution in [0.5, 0.6) is 0 Å². The van der Waals surface area contributed by atoms with Crippen LogP contribution in [-0.2, 0) is 29.7 Å². The quantitative estimate of drug-likeness (QED) is 0.565. The average molecular weight is 504 g/mol. The molecule has 4 rings (SSSR count). The predicted octanol–water partition coefficient (Wildman–Crippen LogP) is 2.30. The summed E-state index contributed by atoms with van der Waals surface area (Å²) in [7, 11) is -13.1. The van der Waals surface area contributed by atoms with Gasteiger partial charge in [0.15, 0.2) is 10.1 Å². The molecule has 1 aliphatic heterocycles. The van der Waals surface area contributed by atoms with Crippen LogP contribution in [0.1, 0.15) is 0 Å². The third-order valence-electron chi connectivity index (χ3n) is 4.59. The first-order valence-electron chi connectivity index (χ1n) is 9.41. The molecule has 0 aliphatic carbocycles. The molecule has 0 unspecified atom stereocenters. The molecular weight excluding hydrogens is 486 g/mol. The second kappa shape index (κ2) is 8.46. The summed E-state index contributed by atoms with van der Waals surface area (Å²) in [4.78, 5) is -0.536. The lowest BCUT2D eigenvalue weighted by atomic mass is 10.4. The Morgan fingerprint density at radius 1 is 0.576 bits per heavy atom. The molecule has 0 aromatic heterocycles. The fourth-order valence-corrected chi connectivity index (χ4v) is 6.66. The summed E-state index contributed by atoms with van der Waals surface area (Å²) in [5.74, 6) is 0. The van der Waals surface area contributed by atoms with Crippen LogP contribution in [0.2, 0.25) is 0 Å². The van der Waals surface area contributed by atoms with Gasteiger partial charge < -0.3 is 0 Å². The van der Waals surface area contributed by atoms with Gasteiger partial charge in [-0.3, -0.25) is 5.43 Å². The molecular formula is C21H17N3O6S3. The Hall–Kier alpha value is -3.48. The Morgan fingerprint density at radius 2 is 1.00 bits per heavy atom. The second-order valence-electron chi connectivity index (χ2n) is 6.75. The van der Waals surface area contributed by atoms with E-state index in [9.17, 15) is 25.3 Å². The highest BCUT2D eigenvalue weighted by molar-refractivity contribution is 8.07. The SMILES string of the molecule is O=S(=O)(C1=CC(S(=O)(=O)c2ccccc2)=NN(S(=O)(=O)c2ccccc2)N1)c1ccccc1. The molecule has 0 saturated heterocycles. The molecule has 9 nitrogen and oxygen atoms in total. The largest absolute Gasteiger partial charge is 0.297 e. The van der Waals surface area contributed by atoms with Crippen LogP contribution in [0.25, 0.3) is 0 Å². The summed E-state index contributed by atoms with van der Waals surface area (Å²) in [6.45, 7) is 0. The minimum absolute atomic E-state index is 0.154. The molecule has 33 heavy (non-hydrogen) atoms. The number of hydrogen-bond donors (Lipinski definition) is 1. The van der Waals surface area contributed by atoms with E-state index in [2.05, 4.69) is 10.5 Å². The van der Waals surface area contributed by atoms with E-state index >= 15 is 0 Å². The van der Waals surface area contributed by atoms with Gasteiger partial charge in [-0.1, -0.05) is 59.1 Å². The summed E-state index contributed by atoms with van der Waals surface area (Å²) in [5, 5.41) is 2.35. The summed E-state index contributed by atoms with van der Waals surface area (Å²) >= 11 is 0. The Balaban J connectivity index is 1.90. The number of nitrogens with zero attached hydrogens (tertiary/aromatic N) is 2. The molecule has 0 spiro atoms. The van der Waals surface area contributed by atoms with Crippen molar-refractivity contribution in [3.8, 4) is 0 Å². The maximum Gasteiger partial charge on any atom is 0.297 e. The van der Waals surface area contributed by atoms with Gasteiger partial charge in [-0.15, -0.1) is 5.10 Å². The van der Waals surface area contributed by atoms with Crippen LogP contribution in [-0.4, -0.2) is 34.8 Å². The smallest absolute Gasteiger partial charge is 0.256 e. The van der Waals surface area contributed by atoms with Gasteiger partial charge in [0.1, 0.15) is 0 Å². The minimum Gasteiger partial charge on any atom is -0.256 e. The second-order valence-corrected chi connectivity index (χ2v) is 12.3. The number of benzene rings is 3. The highest BCUT2D eigenvalue weighted by Crippen LogP contribution is 2.26. The highest BCUT2D eigenvalue weighted by Gasteiger charge is 2.36. The third-order valence-corrected chi connectivity index (χ3v) is 9.41. The zero-order valence-electron chi connectivity index (χ0n) is 16.8. The minimum atomic E-state index is -4.45. The van der Waals surface area contributed by atoms with E-state index in [0.717, 1.165) is 6.08 Å². The van der Waals surface area contributed by atoms with E-state index in [0.29, 0.717) is 0 Å². The van der Waals surface area contributed by atoms with E-state index in [4.69, 9.17) is 0 Å². The molecule has 1 heterocycles. The molecule has 12 heteroatoms. The van der Waals surface area contributed by atoms with Gasteiger partial charge in [0.25, 0.3) is 10.0 Å². The number of sulfone groups is 2. The van der Waals surface area contributed by atoms with E-state index < -0.39 is 39.8 Å². The van der Waals surface area contributed by atoms with Crippen molar-refractivity contribution in [1.82, 2.24) is 9.95 Å². The van der Waals surface area contributed by atoms with Crippen LogP contribution in [0, 0.1) is 0 Å². The number of sulfonamides is 1. The third kappa shape index (κ3) is 4.27. The Kier molecular flexibility index (Phi) is 5.82. The fraction of sp³-hybridized carbons (Fsp3) is 0. The molecule has 0 amide bonds. The first kappa shape index (κ1) is 22.7. The first-order chi connectivity index (χ1) is 15.6. The molecule has 3 aromatic rings. The molecule has 0 radical (unpaired) electrons. The molecule has 0 bridgehead atoms. The number of hydrazine groups is 1. The van der Waals surface area contributed by atoms with Gasteiger partial charge in [-0.2, -0.15) is 8.42 Å². The lowest BCUT2D eigenvalue weighted by molar-refractivity contribution is 0.369. The maximum atomic E-state index is 13.2. The summed E-state index contributed by atoms with van der Waals surface area (Å²) in [6, 6.07) is 21.5. The molecule has 0 atom stereocenters. The lowest BCUT2D eigenvalue weighted by Gasteiger charge is -2.26. The van der Waals surface area contributed by atoms with E-state index in [1.165, 1.54) is 72.8 Å². The highest BCUT2D eigenvalue weighted by atomic mass is 32.2. The molecule has 0 saturated carbocycles. The van der Waals surface area contributed by atoms with Crippen LogP contribution in [0.4, 0.5) is 0 Å².